The molecule has 0 radical (unpaired) electrons. The fraction of sp³-hybridized carbons (Fsp3) is 0.370. The second-order valence-corrected chi connectivity index (χ2v) is 9.45. The van der Waals surface area contributed by atoms with Gasteiger partial charge in [0.1, 0.15) is 5.75 Å². The molecule has 0 unspecified atom stereocenters. The second kappa shape index (κ2) is 11.1. The smallest absolute Gasteiger partial charge is 0.259 e. The molecular weight excluding hydrogens is 446 g/mol. The van der Waals surface area contributed by atoms with Crippen LogP contribution in [-0.2, 0) is 11.3 Å². The van der Waals surface area contributed by atoms with E-state index in [1.54, 1.807) is 29.5 Å². The highest BCUT2D eigenvalue weighted by Gasteiger charge is 2.31. The van der Waals surface area contributed by atoms with Crippen LogP contribution in [0.2, 0.25) is 0 Å². The molecule has 180 valence electrons. The predicted molar refractivity (Wildman–Crippen MR) is 139 cm³/mol. The van der Waals surface area contributed by atoms with Gasteiger partial charge >= 0.3 is 0 Å². The van der Waals surface area contributed by atoms with E-state index in [0.29, 0.717) is 18.7 Å². The summed E-state index contributed by atoms with van der Waals surface area (Å²) >= 11 is 1.69. The summed E-state index contributed by atoms with van der Waals surface area (Å²) in [6.45, 7) is 6.02. The highest BCUT2D eigenvalue weighted by Crippen LogP contribution is 2.34. The standard InChI is InChI=1S/C27H33N3O3S/c1-20-19-24(31)25(27(32)30(20)17-18-33-2)26(21-9-11-23(34-3)12-10-21)29-15-13-28(14-16-29)22-7-5-4-6-8-22/h4-12,19,26,31H,13-18H2,1-3H3/t26-/m0/s1. The van der Waals surface area contributed by atoms with Crippen LogP contribution in [0.3, 0.4) is 0 Å². The van der Waals surface area contributed by atoms with Crippen molar-refractivity contribution < 1.29 is 9.84 Å². The minimum absolute atomic E-state index is 0.0561. The Balaban J connectivity index is 1.72. The highest BCUT2D eigenvalue weighted by molar-refractivity contribution is 7.98. The Bertz CT molecular complexity index is 1140. The minimum atomic E-state index is -0.323. The van der Waals surface area contributed by atoms with Crippen molar-refractivity contribution >= 4 is 17.4 Å². The van der Waals surface area contributed by atoms with Gasteiger partial charge in [0.05, 0.1) is 18.2 Å². The van der Waals surface area contributed by atoms with Gasteiger partial charge in [-0.3, -0.25) is 9.69 Å². The molecule has 1 atom stereocenters. The lowest BCUT2D eigenvalue weighted by atomic mass is 9.96. The highest BCUT2D eigenvalue weighted by atomic mass is 32.2. The second-order valence-electron chi connectivity index (χ2n) is 8.57. The number of aromatic nitrogens is 1. The molecule has 1 fully saturated rings. The Kier molecular flexibility index (Phi) is 7.98. The van der Waals surface area contributed by atoms with E-state index in [-0.39, 0.29) is 17.4 Å². The quantitative estimate of drug-likeness (QED) is 0.490. The number of anilines is 1. The van der Waals surface area contributed by atoms with Crippen LogP contribution in [0.1, 0.15) is 22.9 Å². The fourth-order valence-corrected chi connectivity index (χ4v) is 5.12. The van der Waals surface area contributed by atoms with Crippen LogP contribution < -0.4 is 10.5 Å². The molecule has 1 N–H and O–H groups in total. The molecule has 34 heavy (non-hydrogen) atoms. The molecule has 6 nitrogen and oxygen atoms in total. The van der Waals surface area contributed by atoms with E-state index >= 15 is 0 Å². The van der Waals surface area contributed by atoms with E-state index in [0.717, 1.165) is 37.4 Å². The van der Waals surface area contributed by atoms with E-state index in [2.05, 4.69) is 64.6 Å². The maximum absolute atomic E-state index is 13.7. The van der Waals surface area contributed by atoms with E-state index in [9.17, 15) is 9.90 Å². The zero-order chi connectivity index (χ0) is 24.1. The number of methoxy groups -OCH3 is 1. The molecule has 0 bridgehead atoms. The van der Waals surface area contributed by atoms with Crippen LogP contribution in [0.15, 0.2) is 70.4 Å². The van der Waals surface area contributed by atoms with Crippen molar-refractivity contribution in [1.29, 1.82) is 0 Å². The number of aryl methyl sites for hydroxylation is 1. The number of para-hydroxylation sites is 1. The lowest BCUT2D eigenvalue weighted by molar-refractivity contribution is 0.183. The van der Waals surface area contributed by atoms with Gasteiger partial charge in [-0.15, -0.1) is 11.8 Å². The summed E-state index contributed by atoms with van der Waals surface area (Å²) in [7, 11) is 1.63. The summed E-state index contributed by atoms with van der Waals surface area (Å²) < 4.78 is 6.94. The Labute approximate surface area is 205 Å². The fourth-order valence-electron chi connectivity index (χ4n) is 4.71. The molecule has 1 aromatic heterocycles. The van der Waals surface area contributed by atoms with Crippen molar-refractivity contribution in [3.63, 3.8) is 0 Å². The van der Waals surface area contributed by atoms with Crippen LogP contribution in [0.5, 0.6) is 5.75 Å². The van der Waals surface area contributed by atoms with E-state index in [1.165, 1.54) is 10.6 Å². The molecule has 0 spiro atoms. The van der Waals surface area contributed by atoms with Gasteiger partial charge in [-0.2, -0.15) is 0 Å². The Hall–Kier alpha value is -2.74. The van der Waals surface area contributed by atoms with Crippen LogP contribution in [0.25, 0.3) is 0 Å². The summed E-state index contributed by atoms with van der Waals surface area (Å²) in [6.07, 6.45) is 2.05. The number of ether oxygens (including phenoxy) is 1. The van der Waals surface area contributed by atoms with E-state index < -0.39 is 0 Å². The zero-order valence-electron chi connectivity index (χ0n) is 20.1. The monoisotopic (exact) mass is 479 g/mol. The van der Waals surface area contributed by atoms with Crippen molar-refractivity contribution in [3.8, 4) is 5.75 Å². The number of piperazine rings is 1. The lowest BCUT2D eigenvalue weighted by Gasteiger charge is -2.40. The predicted octanol–water partition coefficient (Wildman–Crippen LogP) is 4.14. The van der Waals surface area contributed by atoms with Gasteiger partial charge in [0, 0.05) is 56.1 Å². The average Bonchev–Trinajstić information content (AvgIpc) is 2.87. The summed E-state index contributed by atoms with van der Waals surface area (Å²) in [5.41, 5.74) is 3.24. The molecule has 1 aliphatic heterocycles. The molecule has 3 aromatic rings. The molecular formula is C27H33N3O3S. The third-order valence-corrected chi connectivity index (χ3v) is 7.29. The van der Waals surface area contributed by atoms with Gasteiger partial charge < -0.3 is 19.3 Å². The van der Waals surface area contributed by atoms with Crippen LogP contribution >= 0.6 is 11.8 Å². The van der Waals surface area contributed by atoms with Gasteiger partial charge in [-0.25, -0.2) is 0 Å². The van der Waals surface area contributed by atoms with Gasteiger partial charge in [-0.05, 0) is 49.1 Å². The minimum Gasteiger partial charge on any atom is -0.507 e. The molecule has 7 heteroatoms. The average molecular weight is 480 g/mol. The number of hydrogen-bond acceptors (Lipinski definition) is 6. The SMILES string of the molecule is COCCn1c(C)cc(O)c([C@H](c2ccc(SC)cc2)N2CCN(c3ccccc3)CC2)c1=O. The maximum atomic E-state index is 13.7. The number of rotatable bonds is 8. The maximum Gasteiger partial charge on any atom is 0.259 e. The van der Waals surface area contributed by atoms with Crippen molar-refractivity contribution in [3.05, 3.63) is 87.8 Å². The summed E-state index contributed by atoms with van der Waals surface area (Å²) in [5, 5.41) is 11.0. The molecule has 1 saturated heterocycles. The van der Waals surface area contributed by atoms with Gasteiger partial charge in [0.25, 0.3) is 5.56 Å². The molecule has 0 saturated carbocycles. The summed E-state index contributed by atoms with van der Waals surface area (Å²) in [6, 6.07) is 20.1. The van der Waals surface area contributed by atoms with Crippen LogP contribution in [0.4, 0.5) is 5.69 Å². The van der Waals surface area contributed by atoms with Crippen molar-refractivity contribution in [2.24, 2.45) is 0 Å². The largest absolute Gasteiger partial charge is 0.507 e. The third-order valence-electron chi connectivity index (χ3n) is 6.55. The summed E-state index contributed by atoms with van der Waals surface area (Å²) in [5.74, 6) is 0.0561. The first-order valence-electron chi connectivity index (χ1n) is 11.6. The number of thioether (sulfide) groups is 1. The number of nitrogens with zero attached hydrogens (tertiary/aromatic N) is 3. The molecule has 0 amide bonds. The topological polar surface area (TPSA) is 57.9 Å². The number of hydrogen-bond donors (Lipinski definition) is 1. The summed E-state index contributed by atoms with van der Waals surface area (Å²) in [4.78, 5) is 19.5. The van der Waals surface area contributed by atoms with E-state index in [1.807, 2.05) is 13.0 Å². The van der Waals surface area contributed by atoms with Crippen molar-refractivity contribution in [2.45, 2.75) is 24.4 Å². The molecule has 0 aliphatic carbocycles. The first-order valence-corrected chi connectivity index (χ1v) is 12.9. The van der Waals surface area contributed by atoms with Gasteiger partial charge in [0.2, 0.25) is 0 Å². The van der Waals surface area contributed by atoms with Crippen molar-refractivity contribution in [2.75, 3.05) is 51.1 Å². The first-order chi connectivity index (χ1) is 16.5. The van der Waals surface area contributed by atoms with Crippen molar-refractivity contribution in [1.82, 2.24) is 9.47 Å². The van der Waals surface area contributed by atoms with Gasteiger partial charge in [-0.1, -0.05) is 30.3 Å². The lowest BCUT2D eigenvalue weighted by Crippen LogP contribution is -2.49. The number of pyridine rings is 1. The molecule has 4 rings (SSSR count). The Morgan fingerprint density at radius 2 is 1.71 bits per heavy atom. The third kappa shape index (κ3) is 5.17. The first kappa shape index (κ1) is 24.4. The molecule has 2 aromatic carbocycles. The number of benzene rings is 2. The zero-order valence-corrected chi connectivity index (χ0v) is 20.9. The van der Waals surface area contributed by atoms with E-state index in [4.69, 9.17) is 4.74 Å². The number of aromatic hydroxyl groups is 1. The van der Waals surface area contributed by atoms with Gasteiger partial charge in [0.15, 0.2) is 0 Å². The Morgan fingerprint density at radius 3 is 2.32 bits per heavy atom. The Morgan fingerprint density at radius 1 is 1.03 bits per heavy atom. The van der Waals surface area contributed by atoms with Crippen LogP contribution in [-0.4, -0.2) is 60.7 Å². The van der Waals surface area contributed by atoms with Crippen LogP contribution in [0, 0.1) is 6.92 Å². The molecule has 1 aliphatic rings. The normalized spacial score (nSPS) is 15.4. The molecule has 2 heterocycles.